The van der Waals surface area contributed by atoms with Crippen molar-refractivity contribution in [1.29, 1.82) is 0 Å². The number of rotatable bonds is 6. The average molecular weight is 410 g/mol. The number of carbonyl (C=O) groups excluding carboxylic acids is 1. The molecule has 2 aromatic heterocycles. The van der Waals surface area contributed by atoms with E-state index in [4.69, 9.17) is 16.6 Å². The van der Waals surface area contributed by atoms with Crippen LogP contribution in [0.25, 0.3) is 22.2 Å². The van der Waals surface area contributed by atoms with Crippen LogP contribution in [0.2, 0.25) is 5.02 Å². The summed E-state index contributed by atoms with van der Waals surface area (Å²) in [6.07, 6.45) is 9.05. The minimum atomic E-state index is -0.107. The highest BCUT2D eigenvalue weighted by atomic mass is 35.5. The number of carbonyl (C=O) groups is 1. The lowest BCUT2D eigenvalue weighted by molar-refractivity contribution is -0.116. The van der Waals surface area contributed by atoms with Gasteiger partial charge in [-0.05, 0) is 43.7 Å². The standard InChI is InChI=1S/C22H24ClN5O/c1-2-20(29)25-11-14-7-9-15(10-8-14)27-22-26-13-18(23)21(28-22)17-12-24-19-6-4-3-5-16(17)19/h2-6,12-15,24H,1,7-11H2,(H,25,29)(H,26,27,28). The Kier molecular flexibility index (Phi) is 5.81. The molecule has 150 valence electrons. The summed E-state index contributed by atoms with van der Waals surface area (Å²) in [5.74, 6) is 0.993. The molecule has 0 spiro atoms. The molecule has 4 rings (SSSR count). The quantitative estimate of drug-likeness (QED) is 0.521. The first-order valence-corrected chi connectivity index (χ1v) is 10.3. The maximum Gasteiger partial charge on any atom is 0.243 e. The molecular weight excluding hydrogens is 386 g/mol. The molecule has 3 N–H and O–H groups in total. The van der Waals surface area contributed by atoms with Crippen molar-refractivity contribution >= 4 is 34.4 Å². The molecule has 7 heteroatoms. The van der Waals surface area contributed by atoms with E-state index in [-0.39, 0.29) is 5.91 Å². The summed E-state index contributed by atoms with van der Waals surface area (Å²) in [6.45, 7) is 4.19. The second kappa shape index (κ2) is 8.66. The Morgan fingerprint density at radius 2 is 2.07 bits per heavy atom. The molecule has 1 fully saturated rings. The maximum atomic E-state index is 11.3. The molecule has 29 heavy (non-hydrogen) atoms. The zero-order valence-corrected chi connectivity index (χ0v) is 16.9. The molecule has 0 bridgehead atoms. The van der Waals surface area contributed by atoms with Crippen LogP contribution in [-0.2, 0) is 4.79 Å². The summed E-state index contributed by atoms with van der Waals surface area (Å²) in [5.41, 5.74) is 2.74. The van der Waals surface area contributed by atoms with Crippen molar-refractivity contribution in [1.82, 2.24) is 20.3 Å². The van der Waals surface area contributed by atoms with Crippen LogP contribution >= 0.6 is 11.6 Å². The number of amides is 1. The van der Waals surface area contributed by atoms with E-state index in [2.05, 4.69) is 33.2 Å². The highest BCUT2D eigenvalue weighted by molar-refractivity contribution is 6.33. The smallest absolute Gasteiger partial charge is 0.243 e. The molecule has 1 aromatic carbocycles. The van der Waals surface area contributed by atoms with Gasteiger partial charge in [0, 0.05) is 35.2 Å². The number of nitrogens with zero attached hydrogens (tertiary/aromatic N) is 2. The molecule has 1 aliphatic carbocycles. The third kappa shape index (κ3) is 4.43. The lowest BCUT2D eigenvalue weighted by Gasteiger charge is -2.29. The fourth-order valence-corrected chi connectivity index (χ4v) is 4.10. The van der Waals surface area contributed by atoms with Crippen LogP contribution in [0.4, 0.5) is 5.95 Å². The predicted molar refractivity (Wildman–Crippen MR) is 117 cm³/mol. The van der Waals surface area contributed by atoms with E-state index in [0.29, 0.717) is 29.5 Å². The molecule has 0 unspecified atom stereocenters. The predicted octanol–water partition coefficient (Wildman–Crippen LogP) is 4.55. The highest BCUT2D eigenvalue weighted by Gasteiger charge is 2.22. The Bertz CT molecular complexity index is 1020. The molecule has 1 saturated carbocycles. The van der Waals surface area contributed by atoms with Crippen LogP contribution in [0.1, 0.15) is 25.7 Å². The second-order valence-corrected chi connectivity index (χ2v) is 7.86. The van der Waals surface area contributed by atoms with Crippen molar-refractivity contribution in [2.75, 3.05) is 11.9 Å². The van der Waals surface area contributed by atoms with Crippen molar-refractivity contribution < 1.29 is 4.79 Å². The lowest BCUT2D eigenvalue weighted by atomic mass is 9.86. The number of fused-ring (bicyclic) bond motifs is 1. The molecule has 0 saturated heterocycles. The fourth-order valence-electron chi connectivity index (χ4n) is 3.90. The SMILES string of the molecule is C=CC(=O)NCC1CCC(Nc2ncc(Cl)c(-c3c[nH]c4ccccc34)n2)CC1. The summed E-state index contributed by atoms with van der Waals surface area (Å²) in [5, 5.41) is 7.97. The molecule has 1 aliphatic rings. The second-order valence-electron chi connectivity index (χ2n) is 7.45. The van der Waals surface area contributed by atoms with Gasteiger partial charge in [-0.15, -0.1) is 0 Å². The summed E-state index contributed by atoms with van der Waals surface area (Å²) < 4.78 is 0. The number of aromatic amines is 1. The molecule has 0 radical (unpaired) electrons. The van der Waals surface area contributed by atoms with Crippen LogP contribution < -0.4 is 10.6 Å². The minimum absolute atomic E-state index is 0.107. The van der Waals surface area contributed by atoms with Crippen molar-refractivity contribution in [2.45, 2.75) is 31.7 Å². The van der Waals surface area contributed by atoms with Gasteiger partial charge in [0.25, 0.3) is 0 Å². The Hall–Kier alpha value is -2.86. The van der Waals surface area contributed by atoms with E-state index in [0.717, 1.165) is 47.8 Å². The summed E-state index contributed by atoms with van der Waals surface area (Å²) in [7, 11) is 0. The Morgan fingerprint density at radius 3 is 2.86 bits per heavy atom. The van der Waals surface area contributed by atoms with Crippen molar-refractivity contribution in [3.63, 3.8) is 0 Å². The third-order valence-electron chi connectivity index (χ3n) is 5.52. The first-order chi connectivity index (χ1) is 14.1. The van der Waals surface area contributed by atoms with Gasteiger partial charge in [-0.1, -0.05) is 36.4 Å². The number of anilines is 1. The summed E-state index contributed by atoms with van der Waals surface area (Å²) >= 11 is 6.41. The number of hydrogen-bond acceptors (Lipinski definition) is 4. The van der Waals surface area contributed by atoms with E-state index in [1.807, 2.05) is 24.4 Å². The number of halogens is 1. The highest BCUT2D eigenvalue weighted by Crippen LogP contribution is 2.33. The van der Waals surface area contributed by atoms with Gasteiger partial charge in [-0.25, -0.2) is 9.97 Å². The van der Waals surface area contributed by atoms with Gasteiger partial charge in [0.1, 0.15) is 0 Å². The number of para-hydroxylation sites is 1. The van der Waals surface area contributed by atoms with E-state index in [1.165, 1.54) is 6.08 Å². The van der Waals surface area contributed by atoms with Crippen LogP contribution in [0.3, 0.4) is 0 Å². The summed E-state index contributed by atoms with van der Waals surface area (Å²) in [4.78, 5) is 23.7. The summed E-state index contributed by atoms with van der Waals surface area (Å²) in [6, 6.07) is 8.40. The van der Waals surface area contributed by atoms with Crippen molar-refractivity contribution in [2.24, 2.45) is 5.92 Å². The first kappa shape index (κ1) is 19.5. The molecule has 1 amide bonds. The van der Waals surface area contributed by atoms with Gasteiger partial charge in [0.15, 0.2) is 0 Å². The third-order valence-corrected chi connectivity index (χ3v) is 5.80. The Morgan fingerprint density at radius 1 is 1.28 bits per heavy atom. The van der Waals surface area contributed by atoms with Crippen molar-refractivity contribution in [3.05, 3.63) is 54.3 Å². The molecule has 3 aromatic rings. The van der Waals surface area contributed by atoms with Gasteiger partial charge in [0.05, 0.1) is 16.9 Å². The fraction of sp³-hybridized carbons (Fsp3) is 0.318. The number of hydrogen-bond donors (Lipinski definition) is 3. The molecular formula is C22H24ClN5O. The zero-order chi connectivity index (χ0) is 20.2. The van der Waals surface area contributed by atoms with Gasteiger partial charge < -0.3 is 15.6 Å². The number of H-pyrrole nitrogens is 1. The van der Waals surface area contributed by atoms with Crippen LogP contribution in [-0.4, -0.2) is 33.4 Å². The number of nitrogens with one attached hydrogen (secondary N) is 3. The van der Waals surface area contributed by atoms with Gasteiger partial charge in [-0.3, -0.25) is 4.79 Å². The monoisotopic (exact) mass is 409 g/mol. The minimum Gasteiger partial charge on any atom is -0.360 e. The first-order valence-electron chi connectivity index (χ1n) is 9.90. The maximum absolute atomic E-state index is 11.3. The van der Waals surface area contributed by atoms with Gasteiger partial charge in [0.2, 0.25) is 11.9 Å². The van der Waals surface area contributed by atoms with E-state index >= 15 is 0 Å². The van der Waals surface area contributed by atoms with Crippen LogP contribution in [0, 0.1) is 5.92 Å². The van der Waals surface area contributed by atoms with Crippen molar-refractivity contribution in [3.8, 4) is 11.3 Å². The Balaban J connectivity index is 1.43. The lowest BCUT2D eigenvalue weighted by Crippen LogP contribution is -2.33. The zero-order valence-electron chi connectivity index (χ0n) is 16.1. The number of aromatic nitrogens is 3. The molecule has 0 aliphatic heterocycles. The van der Waals surface area contributed by atoms with E-state index in [9.17, 15) is 4.79 Å². The number of benzene rings is 1. The van der Waals surface area contributed by atoms with E-state index in [1.54, 1.807) is 6.20 Å². The van der Waals surface area contributed by atoms with Crippen LogP contribution in [0.15, 0.2) is 49.3 Å². The normalized spacial score (nSPS) is 19.1. The molecule has 2 heterocycles. The van der Waals surface area contributed by atoms with E-state index < -0.39 is 0 Å². The Labute approximate surface area is 174 Å². The topological polar surface area (TPSA) is 82.7 Å². The molecule has 0 atom stereocenters. The van der Waals surface area contributed by atoms with Crippen LogP contribution in [0.5, 0.6) is 0 Å². The van der Waals surface area contributed by atoms with Gasteiger partial charge in [-0.2, -0.15) is 0 Å². The largest absolute Gasteiger partial charge is 0.360 e. The van der Waals surface area contributed by atoms with Gasteiger partial charge >= 0.3 is 0 Å². The molecule has 6 nitrogen and oxygen atoms in total. The average Bonchev–Trinajstić information content (AvgIpc) is 3.18.